The maximum atomic E-state index is 12.6. The second-order valence-corrected chi connectivity index (χ2v) is 9.49. The quantitative estimate of drug-likeness (QED) is 0.274. The normalized spacial score (nSPS) is 11.2. The standard InChI is InChI=1S/C24H21Cl3N6O3/c1-11(2)33-23(28)21(24(29)35)22(31-33)13-4-3-12(16(26)7-13)8-19(34)30-20-10-18(32-36-20)15-6-5-14(25)9-17(15)27/h3-7,9-11H,8,28H2,1-2H3,(H2,29,35)(H,30,34). The molecule has 186 valence electrons. The van der Waals surface area contributed by atoms with E-state index in [1.165, 1.54) is 4.68 Å². The van der Waals surface area contributed by atoms with Gasteiger partial charge in [0.2, 0.25) is 11.8 Å². The lowest BCUT2D eigenvalue weighted by molar-refractivity contribution is -0.115. The van der Waals surface area contributed by atoms with E-state index in [2.05, 4.69) is 15.6 Å². The van der Waals surface area contributed by atoms with Gasteiger partial charge in [0.1, 0.15) is 22.8 Å². The number of anilines is 2. The molecule has 0 aliphatic rings. The number of nitrogens with zero attached hydrogens (tertiary/aromatic N) is 3. The molecule has 4 rings (SSSR count). The topological polar surface area (TPSA) is 142 Å². The summed E-state index contributed by atoms with van der Waals surface area (Å²) in [6, 6.07) is 11.4. The maximum absolute atomic E-state index is 12.6. The zero-order chi connectivity index (χ0) is 26.1. The van der Waals surface area contributed by atoms with Crippen molar-refractivity contribution < 1.29 is 14.1 Å². The van der Waals surface area contributed by atoms with Crippen LogP contribution in [0.2, 0.25) is 15.1 Å². The molecular weight excluding hydrogens is 527 g/mol. The van der Waals surface area contributed by atoms with Gasteiger partial charge >= 0.3 is 0 Å². The van der Waals surface area contributed by atoms with Crippen molar-refractivity contribution in [1.82, 2.24) is 14.9 Å². The molecule has 9 nitrogen and oxygen atoms in total. The minimum Gasteiger partial charge on any atom is -0.383 e. The molecule has 0 aliphatic carbocycles. The Morgan fingerprint density at radius 2 is 1.83 bits per heavy atom. The first-order valence-electron chi connectivity index (χ1n) is 10.7. The molecule has 0 saturated heterocycles. The summed E-state index contributed by atoms with van der Waals surface area (Å²) in [4.78, 5) is 24.6. The number of amides is 2. The van der Waals surface area contributed by atoms with Crippen molar-refractivity contribution in [2.45, 2.75) is 26.3 Å². The molecular formula is C24H21Cl3N6O3. The minimum absolute atomic E-state index is 0.0396. The highest BCUT2D eigenvalue weighted by atomic mass is 35.5. The van der Waals surface area contributed by atoms with Crippen LogP contribution in [0.4, 0.5) is 11.7 Å². The van der Waals surface area contributed by atoms with E-state index in [0.29, 0.717) is 43.1 Å². The molecule has 36 heavy (non-hydrogen) atoms. The predicted octanol–water partition coefficient (Wildman–Crippen LogP) is 5.61. The minimum atomic E-state index is -0.694. The van der Waals surface area contributed by atoms with Crippen molar-refractivity contribution >= 4 is 58.3 Å². The average molecular weight is 548 g/mol. The van der Waals surface area contributed by atoms with E-state index in [1.54, 1.807) is 42.5 Å². The first-order valence-corrected chi connectivity index (χ1v) is 11.9. The van der Waals surface area contributed by atoms with Crippen molar-refractivity contribution in [3.05, 3.63) is 68.7 Å². The number of halogens is 3. The molecule has 0 saturated carbocycles. The number of primary amides is 1. The smallest absolute Gasteiger partial charge is 0.254 e. The van der Waals surface area contributed by atoms with Crippen molar-refractivity contribution in [3.63, 3.8) is 0 Å². The molecule has 5 N–H and O–H groups in total. The number of benzene rings is 2. The number of nitrogens with two attached hydrogens (primary N) is 2. The highest BCUT2D eigenvalue weighted by Crippen LogP contribution is 2.33. The van der Waals surface area contributed by atoms with Crippen LogP contribution in [0.1, 0.15) is 35.8 Å². The molecule has 4 aromatic rings. The number of carbonyl (C=O) groups is 2. The number of rotatable bonds is 7. The maximum Gasteiger partial charge on any atom is 0.254 e. The van der Waals surface area contributed by atoms with Crippen molar-refractivity contribution in [1.29, 1.82) is 0 Å². The Labute approximate surface area is 221 Å². The van der Waals surface area contributed by atoms with E-state index in [4.69, 9.17) is 50.8 Å². The van der Waals surface area contributed by atoms with Gasteiger partial charge in [0.05, 0.1) is 11.4 Å². The summed E-state index contributed by atoms with van der Waals surface area (Å²) >= 11 is 18.6. The molecule has 2 amide bonds. The first-order chi connectivity index (χ1) is 17.0. The van der Waals surface area contributed by atoms with Crippen LogP contribution in [0, 0.1) is 0 Å². The third kappa shape index (κ3) is 5.18. The lowest BCUT2D eigenvalue weighted by Crippen LogP contribution is -2.15. The molecule has 0 unspecified atom stereocenters. The molecule has 0 spiro atoms. The van der Waals surface area contributed by atoms with Gasteiger partial charge in [-0.2, -0.15) is 5.10 Å². The lowest BCUT2D eigenvalue weighted by Gasteiger charge is -2.07. The third-order valence-electron chi connectivity index (χ3n) is 5.34. The summed E-state index contributed by atoms with van der Waals surface area (Å²) in [7, 11) is 0. The zero-order valence-corrected chi connectivity index (χ0v) is 21.4. The van der Waals surface area contributed by atoms with Crippen LogP contribution in [0.3, 0.4) is 0 Å². The number of nitrogen functional groups attached to an aromatic ring is 1. The van der Waals surface area contributed by atoms with E-state index in [0.717, 1.165) is 0 Å². The van der Waals surface area contributed by atoms with Crippen LogP contribution < -0.4 is 16.8 Å². The first kappa shape index (κ1) is 25.6. The predicted molar refractivity (Wildman–Crippen MR) is 140 cm³/mol. The SMILES string of the molecule is CC(C)n1nc(-c2ccc(CC(=O)Nc3cc(-c4ccc(Cl)cc4Cl)no3)c(Cl)c2)c(C(N)=O)c1N. The molecule has 0 aliphatic heterocycles. The van der Waals surface area contributed by atoms with Crippen molar-refractivity contribution in [2.75, 3.05) is 11.1 Å². The highest BCUT2D eigenvalue weighted by Gasteiger charge is 2.23. The molecule has 0 bridgehead atoms. The largest absolute Gasteiger partial charge is 0.383 e. The number of aromatic nitrogens is 3. The van der Waals surface area contributed by atoms with Crippen LogP contribution in [-0.4, -0.2) is 26.8 Å². The monoisotopic (exact) mass is 546 g/mol. The van der Waals surface area contributed by atoms with E-state index < -0.39 is 5.91 Å². The number of carbonyl (C=O) groups excluding carboxylic acids is 2. The Morgan fingerprint density at radius 1 is 1.08 bits per heavy atom. The van der Waals surface area contributed by atoms with E-state index in [1.807, 2.05) is 13.8 Å². The average Bonchev–Trinajstić information content (AvgIpc) is 3.39. The van der Waals surface area contributed by atoms with Crippen LogP contribution in [0.15, 0.2) is 47.0 Å². The van der Waals surface area contributed by atoms with Gasteiger partial charge in [-0.25, -0.2) is 4.68 Å². The van der Waals surface area contributed by atoms with Crippen LogP contribution in [-0.2, 0) is 11.2 Å². The highest BCUT2D eigenvalue weighted by molar-refractivity contribution is 6.36. The fourth-order valence-corrected chi connectivity index (χ4v) is 4.39. The lowest BCUT2D eigenvalue weighted by atomic mass is 10.0. The zero-order valence-electron chi connectivity index (χ0n) is 19.2. The molecule has 0 fully saturated rings. The Bertz CT molecular complexity index is 1480. The summed E-state index contributed by atoms with van der Waals surface area (Å²) in [6.07, 6.45) is -0.0396. The summed E-state index contributed by atoms with van der Waals surface area (Å²) < 4.78 is 6.74. The van der Waals surface area contributed by atoms with Gasteiger partial charge in [0, 0.05) is 33.3 Å². The Hall–Kier alpha value is -3.53. The summed E-state index contributed by atoms with van der Waals surface area (Å²) in [6.45, 7) is 3.77. The van der Waals surface area contributed by atoms with E-state index in [9.17, 15) is 9.59 Å². The summed E-state index contributed by atoms with van der Waals surface area (Å²) in [5.74, 6) is -0.742. The summed E-state index contributed by atoms with van der Waals surface area (Å²) in [5.41, 5.74) is 14.2. The van der Waals surface area contributed by atoms with Gasteiger partial charge in [0.25, 0.3) is 5.91 Å². The van der Waals surface area contributed by atoms with Gasteiger partial charge in [-0.1, -0.05) is 52.1 Å². The van der Waals surface area contributed by atoms with Crippen molar-refractivity contribution in [2.24, 2.45) is 5.73 Å². The molecule has 2 heterocycles. The fraction of sp³-hybridized carbons (Fsp3) is 0.167. The Balaban J connectivity index is 1.51. The van der Waals surface area contributed by atoms with Gasteiger partial charge in [-0.15, -0.1) is 0 Å². The fourth-order valence-electron chi connectivity index (χ4n) is 3.64. The number of hydrogen-bond donors (Lipinski definition) is 3. The van der Waals surface area contributed by atoms with Crippen LogP contribution in [0.5, 0.6) is 0 Å². The molecule has 0 radical (unpaired) electrons. The van der Waals surface area contributed by atoms with Gasteiger partial charge in [-0.3, -0.25) is 14.9 Å². The molecule has 12 heteroatoms. The Kier molecular flexibility index (Phi) is 7.26. The summed E-state index contributed by atoms with van der Waals surface area (Å²) in [5, 5.41) is 12.2. The molecule has 0 atom stereocenters. The van der Waals surface area contributed by atoms with Crippen molar-refractivity contribution in [3.8, 4) is 22.5 Å². The second kappa shape index (κ2) is 10.2. The second-order valence-electron chi connectivity index (χ2n) is 8.24. The third-order valence-corrected chi connectivity index (χ3v) is 6.24. The molecule has 2 aromatic carbocycles. The number of nitrogens with one attached hydrogen (secondary N) is 1. The van der Waals surface area contributed by atoms with Crippen LogP contribution in [0.25, 0.3) is 22.5 Å². The molecule has 2 aromatic heterocycles. The van der Waals surface area contributed by atoms with Crippen LogP contribution >= 0.6 is 34.8 Å². The van der Waals surface area contributed by atoms with E-state index in [-0.39, 0.29) is 35.6 Å². The van der Waals surface area contributed by atoms with Gasteiger partial charge in [0.15, 0.2) is 0 Å². The van der Waals surface area contributed by atoms with Gasteiger partial charge in [-0.05, 0) is 43.7 Å². The van der Waals surface area contributed by atoms with Gasteiger partial charge < -0.3 is 16.0 Å². The van der Waals surface area contributed by atoms with E-state index >= 15 is 0 Å². The Morgan fingerprint density at radius 3 is 2.47 bits per heavy atom. The number of hydrogen-bond acceptors (Lipinski definition) is 6.